The highest BCUT2D eigenvalue weighted by Crippen LogP contribution is 2.27. The molecular formula is C15H21NOS. The van der Waals surface area contributed by atoms with Crippen LogP contribution in [0.2, 0.25) is 0 Å². The number of piperidine rings is 1. The zero-order chi connectivity index (χ0) is 13.0. The molecule has 1 fully saturated rings. The van der Waals surface area contributed by atoms with Crippen LogP contribution in [0.15, 0.2) is 24.3 Å². The fraction of sp³-hybridized carbons (Fsp3) is 0.533. The van der Waals surface area contributed by atoms with Gasteiger partial charge < -0.3 is 4.90 Å². The maximum atomic E-state index is 11.9. The second-order valence-corrected chi connectivity index (χ2v) is 5.89. The molecule has 0 unspecified atom stereocenters. The van der Waals surface area contributed by atoms with Crippen molar-refractivity contribution >= 4 is 17.7 Å². The summed E-state index contributed by atoms with van der Waals surface area (Å²) >= 11 is 1.61. The minimum absolute atomic E-state index is 0.292. The van der Waals surface area contributed by atoms with Gasteiger partial charge in [0.15, 0.2) is 0 Å². The Morgan fingerprint density at radius 3 is 3.06 bits per heavy atom. The van der Waals surface area contributed by atoms with Gasteiger partial charge in [-0.1, -0.05) is 29.8 Å². The van der Waals surface area contributed by atoms with E-state index in [-0.39, 0.29) is 0 Å². The molecule has 1 aromatic carbocycles. The molecule has 0 spiro atoms. The van der Waals surface area contributed by atoms with Crippen LogP contribution in [0, 0.1) is 6.92 Å². The average molecular weight is 263 g/mol. The van der Waals surface area contributed by atoms with Crippen LogP contribution in [0.5, 0.6) is 0 Å². The summed E-state index contributed by atoms with van der Waals surface area (Å²) in [5.74, 6) is 1.42. The molecule has 1 amide bonds. The third-order valence-corrected chi connectivity index (χ3v) is 4.09. The smallest absolute Gasteiger partial charge is 0.232 e. The summed E-state index contributed by atoms with van der Waals surface area (Å²) in [4.78, 5) is 14.0. The molecule has 0 aliphatic carbocycles. The number of thioether (sulfide) groups is 1. The van der Waals surface area contributed by atoms with Gasteiger partial charge in [-0.25, -0.2) is 0 Å². The normalized spacial score (nSPS) is 19.9. The topological polar surface area (TPSA) is 20.3 Å². The van der Waals surface area contributed by atoms with Crippen molar-refractivity contribution < 1.29 is 4.79 Å². The summed E-state index contributed by atoms with van der Waals surface area (Å²) in [6.07, 6.45) is 4.31. The molecule has 0 N–H and O–H groups in total. The average Bonchev–Trinajstić information content (AvgIpc) is 2.39. The zero-order valence-electron chi connectivity index (χ0n) is 11.2. The third kappa shape index (κ3) is 3.29. The van der Waals surface area contributed by atoms with Crippen LogP contribution in [0.3, 0.4) is 0 Å². The largest absolute Gasteiger partial charge is 0.341 e. The molecule has 98 valence electrons. The zero-order valence-corrected chi connectivity index (χ0v) is 12.0. The summed E-state index contributed by atoms with van der Waals surface area (Å²) in [5, 5.41) is 0. The van der Waals surface area contributed by atoms with E-state index in [1.165, 1.54) is 17.5 Å². The summed E-state index contributed by atoms with van der Waals surface area (Å²) in [6.45, 7) is 3.95. The highest BCUT2D eigenvalue weighted by molar-refractivity contribution is 7.99. The van der Waals surface area contributed by atoms with Crippen molar-refractivity contribution in [2.45, 2.75) is 25.7 Å². The van der Waals surface area contributed by atoms with Gasteiger partial charge in [0.05, 0.1) is 5.75 Å². The molecule has 18 heavy (non-hydrogen) atoms. The Bertz CT molecular complexity index is 419. The summed E-state index contributed by atoms with van der Waals surface area (Å²) < 4.78 is 0. The van der Waals surface area contributed by atoms with Gasteiger partial charge in [-0.05, 0) is 31.6 Å². The number of likely N-dealkylation sites (tertiary alicyclic amines) is 1. The van der Waals surface area contributed by atoms with E-state index >= 15 is 0 Å². The Kier molecular flexibility index (Phi) is 4.70. The first kappa shape index (κ1) is 13.5. The van der Waals surface area contributed by atoms with Crippen LogP contribution in [-0.2, 0) is 4.79 Å². The van der Waals surface area contributed by atoms with Gasteiger partial charge in [0, 0.05) is 19.0 Å². The summed E-state index contributed by atoms with van der Waals surface area (Å²) in [7, 11) is 0. The fourth-order valence-corrected chi connectivity index (χ4v) is 3.04. The van der Waals surface area contributed by atoms with Gasteiger partial charge in [0.25, 0.3) is 0 Å². The molecule has 1 aliphatic heterocycles. The van der Waals surface area contributed by atoms with E-state index in [1.54, 1.807) is 11.8 Å². The molecule has 0 bridgehead atoms. The lowest BCUT2D eigenvalue weighted by molar-refractivity contribution is -0.129. The molecular weight excluding hydrogens is 242 g/mol. The Morgan fingerprint density at radius 1 is 1.50 bits per heavy atom. The van der Waals surface area contributed by atoms with Gasteiger partial charge in [0.1, 0.15) is 0 Å². The third-order valence-electron chi connectivity index (χ3n) is 3.56. The number of carbonyl (C=O) groups is 1. The quantitative estimate of drug-likeness (QED) is 0.835. The Labute approximate surface area is 114 Å². The molecule has 1 atom stereocenters. The molecule has 1 saturated heterocycles. The number of amides is 1. The van der Waals surface area contributed by atoms with Crippen LogP contribution < -0.4 is 0 Å². The van der Waals surface area contributed by atoms with E-state index in [2.05, 4.69) is 31.2 Å². The molecule has 1 aromatic rings. The lowest BCUT2D eigenvalue weighted by atomic mass is 9.90. The van der Waals surface area contributed by atoms with E-state index in [0.717, 1.165) is 19.5 Å². The first-order chi connectivity index (χ1) is 8.70. The number of rotatable bonds is 3. The van der Waals surface area contributed by atoms with Crippen LogP contribution in [-0.4, -0.2) is 35.9 Å². The van der Waals surface area contributed by atoms with Crippen molar-refractivity contribution in [2.75, 3.05) is 25.1 Å². The monoisotopic (exact) mass is 263 g/mol. The molecule has 1 heterocycles. The SMILES string of the molecule is CSCC(=O)N1CCC[C@@H](c2cccc(C)c2)C1. The van der Waals surface area contributed by atoms with Crippen molar-refractivity contribution in [3.63, 3.8) is 0 Å². The van der Waals surface area contributed by atoms with E-state index < -0.39 is 0 Å². The first-order valence-electron chi connectivity index (χ1n) is 6.54. The maximum absolute atomic E-state index is 11.9. The standard InChI is InChI=1S/C15H21NOS/c1-12-5-3-6-13(9-12)14-7-4-8-16(10-14)15(17)11-18-2/h3,5-6,9,14H,4,7-8,10-11H2,1-2H3/t14-/m1/s1. The lowest BCUT2D eigenvalue weighted by Crippen LogP contribution is -2.40. The van der Waals surface area contributed by atoms with Gasteiger partial charge in [-0.15, -0.1) is 0 Å². The number of hydrogen-bond donors (Lipinski definition) is 0. The van der Waals surface area contributed by atoms with Crippen molar-refractivity contribution in [2.24, 2.45) is 0 Å². The summed E-state index contributed by atoms with van der Waals surface area (Å²) in [6, 6.07) is 8.70. The number of aryl methyl sites for hydroxylation is 1. The first-order valence-corrected chi connectivity index (χ1v) is 7.93. The van der Waals surface area contributed by atoms with Crippen LogP contribution in [0.25, 0.3) is 0 Å². The summed E-state index contributed by atoms with van der Waals surface area (Å²) in [5.41, 5.74) is 2.69. The second kappa shape index (κ2) is 6.28. The van der Waals surface area contributed by atoms with Crippen molar-refractivity contribution in [1.29, 1.82) is 0 Å². The number of carbonyl (C=O) groups excluding carboxylic acids is 1. The van der Waals surface area contributed by atoms with Crippen LogP contribution in [0.4, 0.5) is 0 Å². The van der Waals surface area contributed by atoms with Gasteiger partial charge in [-0.3, -0.25) is 4.79 Å². The number of benzene rings is 1. The molecule has 1 aliphatic rings. The molecule has 3 heteroatoms. The van der Waals surface area contributed by atoms with Crippen molar-refractivity contribution in [1.82, 2.24) is 4.90 Å². The Morgan fingerprint density at radius 2 is 2.33 bits per heavy atom. The number of hydrogen-bond acceptors (Lipinski definition) is 2. The van der Waals surface area contributed by atoms with Crippen molar-refractivity contribution in [3.05, 3.63) is 35.4 Å². The van der Waals surface area contributed by atoms with Gasteiger partial charge >= 0.3 is 0 Å². The highest BCUT2D eigenvalue weighted by Gasteiger charge is 2.24. The minimum atomic E-state index is 0.292. The molecule has 2 rings (SSSR count). The van der Waals surface area contributed by atoms with E-state index in [0.29, 0.717) is 17.6 Å². The molecule has 0 radical (unpaired) electrons. The highest BCUT2D eigenvalue weighted by atomic mass is 32.2. The van der Waals surface area contributed by atoms with E-state index in [4.69, 9.17) is 0 Å². The predicted molar refractivity (Wildman–Crippen MR) is 78.1 cm³/mol. The second-order valence-electron chi connectivity index (χ2n) is 5.03. The fourth-order valence-electron chi connectivity index (χ4n) is 2.61. The maximum Gasteiger partial charge on any atom is 0.232 e. The molecule has 0 saturated carbocycles. The van der Waals surface area contributed by atoms with Crippen LogP contribution in [0.1, 0.15) is 29.9 Å². The van der Waals surface area contributed by atoms with E-state index in [9.17, 15) is 4.79 Å². The lowest BCUT2D eigenvalue weighted by Gasteiger charge is -2.33. The Hall–Kier alpha value is -0.960. The molecule has 0 aromatic heterocycles. The van der Waals surface area contributed by atoms with Gasteiger partial charge in [-0.2, -0.15) is 11.8 Å². The van der Waals surface area contributed by atoms with Gasteiger partial charge in [0.2, 0.25) is 5.91 Å². The predicted octanol–water partition coefficient (Wildman–Crippen LogP) is 3.06. The molecule has 2 nitrogen and oxygen atoms in total. The minimum Gasteiger partial charge on any atom is -0.341 e. The number of nitrogens with zero attached hydrogens (tertiary/aromatic N) is 1. The van der Waals surface area contributed by atoms with Crippen molar-refractivity contribution in [3.8, 4) is 0 Å². The Balaban J connectivity index is 2.04. The van der Waals surface area contributed by atoms with Crippen LogP contribution >= 0.6 is 11.8 Å². The van der Waals surface area contributed by atoms with E-state index in [1.807, 2.05) is 11.2 Å².